The lowest BCUT2D eigenvalue weighted by molar-refractivity contribution is -0.119. The van der Waals surface area contributed by atoms with Gasteiger partial charge in [0.25, 0.3) is 0 Å². The lowest BCUT2D eigenvalue weighted by atomic mass is 10.2. The smallest absolute Gasteiger partial charge is 0.376 e. The monoisotopic (exact) mass is 243 g/mol. The standard InChI is InChI=1S/C8H12F3NO2S/c9-8(10,11)15-5-7(13)12-4-6-2-1-3-14-6/h6H,1-5H2,(H,12,13)/t6-/m0/s1. The van der Waals surface area contributed by atoms with Crippen LogP contribution < -0.4 is 5.32 Å². The molecule has 0 aromatic carbocycles. The van der Waals surface area contributed by atoms with Crippen LogP contribution in [0.2, 0.25) is 0 Å². The predicted octanol–water partition coefficient (Wildman–Crippen LogP) is 1.53. The molecule has 1 heterocycles. The van der Waals surface area contributed by atoms with Crippen LogP contribution in [0.25, 0.3) is 0 Å². The zero-order chi connectivity index (χ0) is 11.3. The lowest BCUT2D eigenvalue weighted by Gasteiger charge is -2.11. The molecule has 1 aliphatic rings. The third-order valence-corrected chi connectivity index (χ3v) is 2.65. The number of rotatable bonds is 4. The van der Waals surface area contributed by atoms with Crippen LogP contribution in [0.15, 0.2) is 0 Å². The molecule has 0 aromatic heterocycles. The van der Waals surface area contributed by atoms with E-state index in [-0.39, 0.29) is 17.9 Å². The molecule has 0 aliphatic carbocycles. The van der Waals surface area contributed by atoms with Gasteiger partial charge in [0.1, 0.15) is 0 Å². The summed E-state index contributed by atoms with van der Waals surface area (Å²) in [6, 6.07) is 0. The number of carbonyl (C=O) groups excluding carboxylic acids is 1. The highest BCUT2D eigenvalue weighted by Crippen LogP contribution is 2.29. The Hall–Kier alpha value is -0.430. The van der Waals surface area contributed by atoms with Crippen LogP contribution in [0.1, 0.15) is 12.8 Å². The summed E-state index contributed by atoms with van der Waals surface area (Å²) in [7, 11) is 0. The maximum absolute atomic E-state index is 11.7. The molecular formula is C8H12F3NO2S. The Balaban J connectivity index is 2.08. The van der Waals surface area contributed by atoms with Crippen molar-refractivity contribution in [2.75, 3.05) is 18.9 Å². The van der Waals surface area contributed by atoms with Crippen molar-refractivity contribution in [1.29, 1.82) is 0 Å². The Morgan fingerprint density at radius 1 is 1.53 bits per heavy atom. The lowest BCUT2D eigenvalue weighted by Crippen LogP contribution is -2.33. The Morgan fingerprint density at radius 2 is 2.27 bits per heavy atom. The molecular weight excluding hydrogens is 231 g/mol. The molecule has 0 radical (unpaired) electrons. The topological polar surface area (TPSA) is 38.3 Å². The van der Waals surface area contributed by atoms with Crippen LogP contribution in [-0.4, -0.2) is 36.4 Å². The number of hydrogen-bond donors (Lipinski definition) is 1. The van der Waals surface area contributed by atoms with Crippen molar-refractivity contribution in [2.24, 2.45) is 0 Å². The summed E-state index contributed by atoms with van der Waals surface area (Å²) >= 11 is -0.329. The number of carbonyl (C=O) groups is 1. The molecule has 1 rings (SSSR count). The second-order valence-corrected chi connectivity index (χ2v) is 4.21. The SMILES string of the molecule is O=C(CSC(F)(F)F)NC[C@@H]1CCCO1. The highest BCUT2D eigenvalue weighted by molar-refractivity contribution is 8.00. The Kier molecular flexibility index (Phi) is 4.72. The van der Waals surface area contributed by atoms with Crippen molar-refractivity contribution >= 4 is 17.7 Å². The molecule has 1 fully saturated rings. The summed E-state index contributed by atoms with van der Waals surface area (Å²) < 4.78 is 40.4. The van der Waals surface area contributed by atoms with E-state index in [1.54, 1.807) is 0 Å². The van der Waals surface area contributed by atoms with E-state index in [1.807, 2.05) is 0 Å². The molecule has 1 N–H and O–H groups in total. The molecule has 7 heteroatoms. The Bertz CT molecular complexity index is 216. The fourth-order valence-electron chi connectivity index (χ4n) is 1.23. The zero-order valence-corrected chi connectivity index (χ0v) is 8.79. The van der Waals surface area contributed by atoms with Crippen LogP contribution in [-0.2, 0) is 9.53 Å². The van der Waals surface area contributed by atoms with Crippen molar-refractivity contribution in [1.82, 2.24) is 5.32 Å². The van der Waals surface area contributed by atoms with Gasteiger partial charge in [0.2, 0.25) is 5.91 Å². The third kappa shape index (κ3) is 5.88. The molecule has 1 aliphatic heterocycles. The molecule has 1 saturated heterocycles. The molecule has 0 saturated carbocycles. The Labute approximate surface area is 89.7 Å². The van der Waals surface area contributed by atoms with E-state index < -0.39 is 17.2 Å². The van der Waals surface area contributed by atoms with Gasteiger partial charge in [-0.1, -0.05) is 0 Å². The van der Waals surface area contributed by atoms with Gasteiger partial charge in [-0.05, 0) is 24.6 Å². The molecule has 15 heavy (non-hydrogen) atoms. The molecule has 0 unspecified atom stereocenters. The largest absolute Gasteiger partial charge is 0.442 e. The van der Waals surface area contributed by atoms with Crippen molar-refractivity contribution in [3.8, 4) is 0 Å². The van der Waals surface area contributed by atoms with E-state index in [0.29, 0.717) is 13.2 Å². The minimum Gasteiger partial charge on any atom is -0.376 e. The van der Waals surface area contributed by atoms with Gasteiger partial charge in [-0.3, -0.25) is 4.79 Å². The van der Waals surface area contributed by atoms with E-state index in [1.165, 1.54) is 0 Å². The molecule has 88 valence electrons. The zero-order valence-electron chi connectivity index (χ0n) is 7.97. The predicted molar refractivity (Wildman–Crippen MR) is 50.5 cm³/mol. The summed E-state index contributed by atoms with van der Waals surface area (Å²) in [6.45, 7) is 0.967. The van der Waals surface area contributed by atoms with Gasteiger partial charge >= 0.3 is 5.51 Å². The summed E-state index contributed by atoms with van der Waals surface area (Å²) in [5.74, 6) is -1.19. The van der Waals surface area contributed by atoms with Crippen molar-refractivity contribution in [3.63, 3.8) is 0 Å². The first-order valence-corrected chi connectivity index (χ1v) is 5.55. The van der Waals surface area contributed by atoms with Crippen LogP contribution in [0, 0.1) is 0 Å². The number of ether oxygens (including phenoxy) is 1. The number of amides is 1. The maximum atomic E-state index is 11.7. The van der Waals surface area contributed by atoms with Gasteiger partial charge in [-0.2, -0.15) is 13.2 Å². The maximum Gasteiger partial charge on any atom is 0.442 e. The molecule has 1 amide bonds. The molecule has 1 atom stereocenters. The second-order valence-electron chi connectivity index (χ2n) is 3.17. The first-order chi connectivity index (χ1) is 6.97. The van der Waals surface area contributed by atoms with E-state index in [4.69, 9.17) is 4.74 Å². The normalized spacial score (nSPS) is 21.7. The summed E-state index contributed by atoms with van der Waals surface area (Å²) in [5.41, 5.74) is -4.35. The number of nitrogens with one attached hydrogen (secondary N) is 1. The molecule has 0 aromatic rings. The number of thioether (sulfide) groups is 1. The highest BCUT2D eigenvalue weighted by atomic mass is 32.2. The van der Waals surface area contributed by atoms with Crippen molar-refractivity contribution < 1.29 is 22.7 Å². The van der Waals surface area contributed by atoms with Crippen LogP contribution >= 0.6 is 11.8 Å². The van der Waals surface area contributed by atoms with Gasteiger partial charge in [0.15, 0.2) is 0 Å². The minimum absolute atomic E-state index is 0.0372. The van der Waals surface area contributed by atoms with E-state index in [2.05, 4.69) is 5.32 Å². The van der Waals surface area contributed by atoms with E-state index in [0.717, 1.165) is 12.8 Å². The van der Waals surface area contributed by atoms with Gasteiger partial charge in [-0.15, -0.1) is 0 Å². The highest BCUT2D eigenvalue weighted by Gasteiger charge is 2.29. The van der Waals surface area contributed by atoms with Gasteiger partial charge in [0, 0.05) is 13.2 Å². The van der Waals surface area contributed by atoms with Gasteiger partial charge in [-0.25, -0.2) is 0 Å². The van der Waals surface area contributed by atoms with E-state index in [9.17, 15) is 18.0 Å². The minimum atomic E-state index is -4.35. The molecule has 3 nitrogen and oxygen atoms in total. The Morgan fingerprint density at radius 3 is 2.80 bits per heavy atom. The first kappa shape index (κ1) is 12.6. The quantitative estimate of drug-likeness (QED) is 0.813. The van der Waals surface area contributed by atoms with Crippen molar-refractivity contribution in [2.45, 2.75) is 24.5 Å². The van der Waals surface area contributed by atoms with Gasteiger partial charge in [0.05, 0.1) is 11.9 Å². The van der Waals surface area contributed by atoms with Crippen LogP contribution in [0.5, 0.6) is 0 Å². The fraction of sp³-hybridized carbons (Fsp3) is 0.875. The first-order valence-electron chi connectivity index (χ1n) is 4.56. The number of alkyl halides is 3. The van der Waals surface area contributed by atoms with Crippen LogP contribution in [0.3, 0.4) is 0 Å². The summed E-state index contributed by atoms with van der Waals surface area (Å²) in [6.07, 6.45) is 1.76. The number of hydrogen-bond acceptors (Lipinski definition) is 3. The molecule has 0 spiro atoms. The summed E-state index contributed by atoms with van der Waals surface area (Å²) in [5, 5.41) is 2.41. The average molecular weight is 243 g/mol. The van der Waals surface area contributed by atoms with Gasteiger partial charge < -0.3 is 10.1 Å². The molecule has 0 bridgehead atoms. The summed E-state index contributed by atoms with van der Waals surface area (Å²) in [4.78, 5) is 11.0. The average Bonchev–Trinajstić information content (AvgIpc) is 2.62. The second kappa shape index (κ2) is 5.60. The van der Waals surface area contributed by atoms with Crippen LogP contribution in [0.4, 0.5) is 13.2 Å². The number of halogens is 3. The fourth-order valence-corrected chi connectivity index (χ4v) is 1.63. The van der Waals surface area contributed by atoms with Crippen molar-refractivity contribution in [3.05, 3.63) is 0 Å². The third-order valence-electron chi connectivity index (χ3n) is 1.92. The van der Waals surface area contributed by atoms with E-state index >= 15 is 0 Å².